The summed E-state index contributed by atoms with van der Waals surface area (Å²) in [6, 6.07) is 2.19. The highest BCUT2D eigenvalue weighted by Gasteiger charge is 2.45. The zero-order valence-corrected chi connectivity index (χ0v) is 12.6. The minimum atomic E-state index is -0.0225. The van der Waals surface area contributed by atoms with Crippen molar-refractivity contribution in [2.75, 3.05) is 24.6 Å². The Morgan fingerprint density at radius 3 is 2.77 bits per heavy atom. The van der Waals surface area contributed by atoms with Gasteiger partial charge in [0.05, 0.1) is 12.0 Å². The topological polar surface area (TPSA) is 67.4 Å². The molecule has 4 rings (SSSR count). The van der Waals surface area contributed by atoms with Gasteiger partial charge in [0, 0.05) is 44.0 Å². The van der Waals surface area contributed by atoms with E-state index in [-0.39, 0.29) is 17.9 Å². The van der Waals surface area contributed by atoms with Crippen LogP contribution in [0.25, 0.3) is 0 Å². The van der Waals surface area contributed by atoms with Crippen molar-refractivity contribution in [1.82, 2.24) is 15.3 Å². The van der Waals surface area contributed by atoms with E-state index in [0.29, 0.717) is 24.5 Å². The zero-order chi connectivity index (χ0) is 14.9. The standard InChI is InChI=1S/C16H22N4O2/c21-15(19-11-3-1-4-11)13-9-20(16-17-6-2-7-18-16)10-14-12(13)5-8-22-14/h2,6-7,11-14H,1,3-5,8-10H2,(H,19,21)/t12-,13+,14+/m0/s1. The first-order chi connectivity index (χ1) is 10.8. The first-order valence-corrected chi connectivity index (χ1v) is 8.25. The first-order valence-electron chi connectivity index (χ1n) is 8.25. The molecule has 3 aliphatic rings. The highest BCUT2D eigenvalue weighted by Crippen LogP contribution is 2.35. The van der Waals surface area contributed by atoms with Gasteiger partial charge in [-0.2, -0.15) is 0 Å². The van der Waals surface area contributed by atoms with Crippen LogP contribution < -0.4 is 10.2 Å². The summed E-state index contributed by atoms with van der Waals surface area (Å²) in [7, 11) is 0. The average molecular weight is 302 g/mol. The number of hydrogen-bond donors (Lipinski definition) is 1. The number of aromatic nitrogens is 2. The number of piperidine rings is 1. The van der Waals surface area contributed by atoms with Crippen molar-refractivity contribution in [3.05, 3.63) is 18.5 Å². The summed E-state index contributed by atoms with van der Waals surface area (Å²) in [5.74, 6) is 1.19. The summed E-state index contributed by atoms with van der Waals surface area (Å²) in [6.07, 6.45) is 8.06. The maximum atomic E-state index is 12.7. The van der Waals surface area contributed by atoms with E-state index in [9.17, 15) is 4.79 Å². The molecule has 2 saturated heterocycles. The van der Waals surface area contributed by atoms with Crippen molar-refractivity contribution in [3.8, 4) is 0 Å². The van der Waals surface area contributed by atoms with Crippen LogP contribution in [0.15, 0.2) is 18.5 Å². The molecule has 6 heteroatoms. The number of nitrogens with one attached hydrogen (secondary N) is 1. The van der Waals surface area contributed by atoms with Gasteiger partial charge in [-0.25, -0.2) is 9.97 Å². The summed E-state index contributed by atoms with van der Waals surface area (Å²) in [6.45, 7) is 2.22. The number of anilines is 1. The van der Waals surface area contributed by atoms with Gasteiger partial charge in [0.1, 0.15) is 0 Å². The number of carbonyl (C=O) groups is 1. The minimum Gasteiger partial charge on any atom is -0.376 e. The van der Waals surface area contributed by atoms with Gasteiger partial charge in [-0.1, -0.05) is 0 Å². The van der Waals surface area contributed by atoms with Crippen LogP contribution in [-0.2, 0) is 9.53 Å². The van der Waals surface area contributed by atoms with Crippen LogP contribution in [0.5, 0.6) is 0 Å². The van der Waals surface area contributed by atoms with Crippen LogP contribution in [0, 0.1) is 11.8 Å². The molecule has 1 saturated carbocycles. The first kappa shape index (κ1) is 13.9. The molecule has 0 radical (unpaired) electrons. The predicted molar refractivity (Wildman–Crippen MR) is 81.4 cm³/mol. The van der Waals surface area contributed by atoms with Gasteiger partial charge in [-0.05, 0) is 31.7 Å². The van der Waals surface area contributed by atoms with Crippen LogP contribution >= 0.6 is 0 Å². The van der Waals surface area contributed by atoms with E-state index >= 15 is 0 Å². The number of nitrogens with zero attached hydrogens (tertiary/aromatic N) is 3. The summed E-state index contributed by atoms with van der Waals surface area (Å²) < 4.78 is 5.86. The van der Waals surface area contributed by atoms with E-state index < -0.39 is 0 Å². The number of fused-ring (bicyclic) bond motifs is 1. The van der Waals surface area contributed by atoms with Gasteiger partial charge in [0.25, 0.3) is 0 Å². The average Bonchev–Trinajstić information content (AvgIpc) is 2.99. The fraction of sp³-hybridized carbons (Fsp3) is 0.688. The van der Waals surface area contributed by atoms with E-state index in [2.05, 4.69) is 20.2 Å². The second-order valence-electron chi connectivity index (χ2n) is 6.56. The molecule has 1 N–H and O–H groups in total. The Labute approximate surface area is 130 Å². The number of hydrogen-bond acceptors (Lipinski definition) is 5. The molecule has 2 aliphatic heterocycles. The van der Waals surface area contributed by atoms with Crippen molar-refractivity contribution < 1.29 is 9.53 Å². The second kappa shape index (κ2) is 5.83. The number of rotatable bonds is 3. The van der Waals surface area contributed by atoms with E-state index in [4.69, 9.17) is 4.74 Å². The lowest BCUT2D eigenvalue weighted by molar-refractivity contribution is -0.129. The third-order valence-corrected chi connectivity index (χ3v) is 5.22. The molecule has 0 unspecified atom stereocenters. The molecule has 1 amide bonds. The summed E-state index contributed by atoms with van der Waals surface area (Å²) in [4.78, 5) is 23.4. The Bertz CT molecular complexity index is 534. The van der Waals surface area contributed by atoms with Crippen LogP contribution in [0.4, 0.5) is 5.95 Å². The van der Waals surface area contributed by atoms with Crippen molar-refractivity contribution >= 4 is 11.9 Å². The van der Waals surface area contributed by atoms with Crippen LogP contribution in [0.1, 0.15) is 25.7 Å². The molecule has 3 atom stereocenters. The minimum absolute atomic E-state index is 0.0225. The van der Waals surface area contributed by atoms with Gasteiger partial charge >= 0.3 is 0 Å². The molecule has 118 valence electrons. The molecule has 3 heterocycles. The molecule has 0 spiro atoms. The van der Waals surface area contributed by atoms with E-state index in [1.807, 2.05) is 6.07 Å². The lowest BCUT2D eigenvalue weighted by Crippen LogP contribution is -2.55. The van der Waals surface area contributed by atoms with Gasteiger partial charge in [0.2, 0.25) is 11.9 Å². The van der Waals surface area contributed by atoms with Crippen LogP contribution in [0.2, 0.25) is 0 Å². The largest absolute Gasteiger partial charge is 0.376 e. The lowest BCUT2D eigenvalue weighted by atomic mass is 9.81. The van der Waals surface area contributed by atoms with Crippen molar-refractivity contribution in [3.63, 3.8) is 0 Å². The summed E-state index contributed by atoms with van der Waals surface area (Å²) >= 11 is 0. The fourth-order valence-electron chi connectivity index (χ4n) is 3.73. The Morgan fingerprint density at radius 2 is 2.05 bits per heavy atom. The molecule has 1 aromatic heterocycles. The third-order valence-electron chi connectivity index (χ3n) is 5.22. The zero-order valence-electron chi connectivity index (χ0n) is 12.6. The number of ether oxygens (including phenoxy) is 1. The quantitative estimate of drug-likeness (QED) is 0.902. The molecular formula is C16H22N4O2. The summed E-state index contributed by atoms with van der Waals surface area (Å²) in [5.41, 5.74) is 0. The predicted octanol–water partition coefficient (Wildman–Crippen LogP) is 0.987. The van der Waals surface area contributed by atoms with Crippen molar-refractivity contribution in [1.29, 1.82) is 0 Å². The SMILES string of the molecule is O=C(NC1CCC1)[C@@H]1CN(c2ncccn2)C[C@H]2OCC[C@H]21. The van der Waals surface area contributed by atoms with Crippen LogP contribution in [-0.4, -0.2) is 47.7 Å². The monoisotopic (exact) mass is 302 g/mol. The third kappa shape index (κ3) is 2.56. The Kier molecular flexibility index (Phi) is 3.70. The maximum Gasteiger partial charge on any atom is 0.225 e. The molecule has 0 bridgehead atoms. The maximum absolute atomic E-state index is 12.7. The molecule has 1 aliphatic carbocycles. The van der Waals surface area contributed by atoms with Gasteiger partial charge in [-0.15, -0.1) is 0 Å². The summed E-state index contributed by atoms with van der Waals surface area (Å²) in [5, 5.41) is 3.21. The highest BCUT2D eigenvalue weighted by molar-refractivity contribution is 5.80. The fourth-order valence-corrected chi connectivity index (χ4v) is 3.73. The van der Waals surface area contributed by atoms with Gasteiger partial charge < -0.3 is 15.0 Å². The molecular weight excluding hydrogens is 280 g/mol. The Hall–Kier alpha value is -1.69. The van der Waals surface area contributed by atoms with E-state index in [0.717, 1.165) is 32.4 Å². The Morgan fingerprint density at radius 1 is 1.23 bits per heavy atom. The van der Waals surface area contributed by atoms with Crippen molar-refractivity contribution in [2.45, 2.75) is 37.8 Å². The van der Waals surface area contributed by atoms with Gasteiger partial charge in [0.15, 0.2) is 0 Å². The molecule has 3 fully saturated rings. The number of amides is 1. The molecule has 0 aromatic carbocycles. The molecule has 1 aromatic rings. The normalized spacial score (nSPS) is 31.5. The Balaban J connectivity index is 1.51. The smallest absolute Gasteiger partial charge is 0.225 e. The number of carbonyl (C=O) groups excluding carboxylic acids is 1. The van der Waals surface area contributed by atoms with E-state index in [1.165, 1.54) is 6.42 Å². The lowest BCUT2D eigenvalue weighted by Gasteiger charge is -2.40. The highest BCUT2D eigenvalue weighted by atomic mass is 16.5. The van der Waals surface area contributed by atoms with Crippen molar-refractivity contribution in [2.24, 2.45) is 11.8 Å². The van der Waals surface area contributed by atoms with Gasteiger partial charge in [-0.3, -0.25) is 4.79 Å². The molecule has 22 heavy (non-hydrogen) atoms. The second-order valence-corrected chi connectivity index (χ2v) is 6.56. The molecule has 6 nitrogen and oxygen atoms in total. The van der Waals surface area contributed by atoms with Crippen LogP contribution in [0.3, 0.4) is 0 Å². The van der Waals surface area contributed by atoms with E-state index in [1.54, 1.807) is 12.4 Å².